The normalized spacial score (nSPS) is 14.9. The van der Waals surface area contributed by atoms with Crippen molar-refractivity contribution in [3.63, 3.8) is 0 Å². The second-order valence-electron chi connectivity index (χ2n) is 3.88. The topological polar surface area (TPSA) is 34.0 Å². The quantitative estimate of drug-likeness (QED) is 0.891. The van der Waals surface area contributed by atoms with Gasteiger partial charge in [0.15, 0.2) is 0 Å². The van der Waals surface area contributed by atoms with E-state index in [2.05, 4.69) is 43.8 Å². The van der Waals surface area contributed by atoms with Crippen molar-refractivity contribution in [2.75, 3.05) is 6.54 Å². The first-order valence-electron chi connectivity index (χ1n) is 5.07. The van der Waals surface area contributed by atoms with Gasteiger partial charge < -0.3 is 9.88 Å². The molecule has 3 nitrogen and oxygen atoms in total. The van der Waals surface area contributed by atoms with Gasteiger partial charge in [-0.05, 0) is 34.8 Å². The van der Waals surface area contributed by atoms with Crippen molar-refractivity contribution in [1.82, 2.24) is 9.88 Å². The number of hydrogen-bond acceptors (Lipinski definition) is 1. The summed E-state index contributed by atoms with van der Waals surface area (Å²) >= 11 is 6.61. The molecular formula is C11H12Br2N2O. The van der Waals surface area contributed by atoms with Crippen LogP contribution in [-0.2, 0) is 0 Å². The summed E-state index contributed by atoms with van der Waals surface area (Å²) in [6.07, 6.45) is 4.29. The third-order valence-corrected chi connectivity index (χ3v) is 3.14. The molecule has 0 bridgehead atoms. The first-order valence-corrected chi connectivity index (χ1v) is 6.65. The molecule has 1 fully saturated rings. The minimum absolute atomic E-state index is 0.0572. The number of carbonyl (C=O) groups excluding carboxylic acids is 1. The van der Waals surface area contributed by atoms with Crippen molar-refractivity contribution in [2.45, 2.75) is 18.9 Å². The Morgan fingerprint density at radius 2 is 2.31 bits per heavy atom. The number of hydrogen-bond donors (Lipinski definition) is 1. The van der Waals surface area contributed by atoms with Crippen molar-refractivity contribution in [1.29, 1.82) is 0 Å². The van der Waals surface area contributed by atoms with Crippen LogP contribution in [-0.4, -0.2) is 17.0 Å². The van der Waals surface area contributed by atoms with E-state index in [0.29, 0.717) is 18.3 Å². The highest BCUT2D eigenvalue weighted by atomic mass is 79.9. The molecule has 1 saturated carbocycles. The molecule has 1 aromatic rings. The molecule has 1 aromatic heterocycles. The molecule has 1 amide bonds. The highest BCUT2D eigenvalue weighted by molar-refractivity contribution is 9.11. The molecule has 1 heterocycles. The number of rotatable bonds is 4. The van der Waals surface area contributed by atoms with Crippen molar-refractivity contribution in [3.8, 4) is 0 Å². The molecule has 5 heteroatoms. The lowest BCUT2D eigenvalue weighted by Crippen LogP contribution is -2.26. The molecule has 2 rings (SSSR count). The highest BCUT2D eigenvalue weighted by Gasteiger charge is 2.27. The third kappa shape index (κ3) is 2.77. The summed E-state index contributed by atoms with van der Waals surface area (Å²) in [5.74, 6) is -0.0572. The van der Waals surface area contributed by atoms with E-state index in [1.165, 1.54) is 0 Å². The Kier molecular flexibility index (Phi) is 3.54. The Morgan fingerprint density at radius 3 is 2.88 bits per heavy atom. The van der Waals surface area contributed by atoms with Crippen LogP contribution >= 0.6 is 31.9 Å². The Balaban J connectivity index is 2.12. The number of aromatic nitrogens is 1. The van der Waals surface area contributed by atoms with Gasteiger partial charge in [-0.15, -0.1) is 0 Å². The molecule has 0 aromatic carbocycles. The zero-order valence-electron chi connectivity index (χ0n) is 8.67. The van der Waals surface area contributed by atoms with Crippen LogP contribution in [0.3, 0.4) is 0 Å². The molecule has 1 aliphatic carbocycles. The van der Waals surface area contributed by atoms with Crippen LogP contribution in [0.1, 0.15) is 29.4 Å². The largest absolute Gasteiger partial charge is 0.346 e. The SMILES string of the molecule is C=C(Br)CNC(=O)c1cc(Br)cn1C1CC1. The fourth-order valence-corrected chi connectivity index (χ4v) is 2.13. The maximum absolute atomic E-state index is 11.9. The van der Waals surface area contributed by atoms with Gasteiger partial charge in [0, 0.05) is 27.7 Å². The van der Waals surface area contributed by atoms with Crippen LogP contribution in [0.5, 0.6) is 0 Å². The first-order chi connectivity index (χ1) is 7.58. The maximum Gasteiger partial charge on any atom is 0.268 e. The van der Waals surface area contributed by atoms with Crippen LogP contribution in [0.25, 0.3) is 0 Å². The minimum Gasteiger partial charge on any atom is -0.346 e. The summed E-state index contributed by atoms with van der Waals surface area (Å²) in [5, 5.41) is 2.81. The molecule has 1 aliphatic rings. The Labute approximate surface area is 111 Å². The van der Waals surface area contributed by atoms with E-state index in [0.717, 1.165) is 21.8 Å². The third-order valence-electron chi connectivity index (χ3n) is 2.43. The molecule has 1 N–H and O–H groups in total. The average Bonchev–Trinajstić information content (AvgIpc) is 2.98. The van der Waals surface area contributed by atoms with E-state index in [1.807, 2.05) is 16.8 Å². The lowest BCUT2D eigenvalue weighted by Gasteiger charge is -2.07. The minimum atomic E-state index is -0.0572. The summed E-state index contributed by atoms with van der Waals surface area (Å²) in [6.45, 7) is 4.13. The van der Waals surface area contributed by atoms with Gasteiger partial charge >= 0.3 is 0 Å². The van der Waals surface area contributed by atoms with Crippen LogP contribution in [0.15, 0.2) is 27.8 Å². The van der Waals surface area contributed by atoms with Crippen molar-refractivity contribution in [2.24, 2.45) is 0 Å². The van der Waals surface area contributed by atoms with Crippen molar-refractivity contribution in [3.05, 3.63) is 33.5 Å². The summed E-state index contributed by atoms with van der Waals surface area (Å²) in [4.78, 5) is 11.9. The number of halogens is 2. The summed E-state index contributed by atoms with van der Waals surface area (Å²) in [5.41, 5.74) is 0.711. The highest BCUT2D eigenvalue weighted by Crippen LogP contribution is 2.37. The molecule has 0 aliphatic heterocycles. The number of nitrogens with zero attached hydrogens (tertiary/aromatic N) is 1. The lowest BCUT2D eigenvalue weighted by molar-refractivity contribution is 0.0948. The van der Waals surface area contributed by atoms with Crippen LogP contribution in [0.2, 0.25) is 0 Å². The molecule has 0 saturated heterocycles. The monoisotopic (exact) mass is 346 g/mol. The van der Waals surface area contributed by atoms with E-state index >= 15 is 0 Å². The van der Waals surface area contributed by atoms with E-state index in [4.69, 9.17) is 0 Å². The predicted octanol–water partition coefficient (Wildman–Crippen LogP) is 3.22. The van der Waals surface area contributed by atoms with Crippen molar-refractivity contribution < 1.29 is 4.79 Å². The maximum atomic E-state index is 11.9. The Morgan fingerprint density at radius 1 is 1.62 bits per heavy atom. The molecular weight excluding hydrogens is 336 g/mol. The molecule has 0 unspecified atom stereocenters. The second kappa shape index (κ2) is 4.75. The lowest BCUT2D eigenvalue weighted by atomic mass is 10.4. The molecule has 86 valence electrons. The van der Waals surface area contributed by atoms with Gasteiger partial charge in [0.2, 0.25) is 0 Å². The molecule has 0 atom stereocenters. The van der Waals surface area contributed by atoms with Gasteiger partial charge in [-0.25, -0.2) is 0 Å². The summed E-state index contributed by atoms with van der Waals surface area (Å²) in [6, 6.07) is 2.35. The van der Waals surface area contributed by atoms with Crippen LogP contribution in [0, 0.1) is 0 Å². The van der Waals surface area contributed by atoms with E-state index < -0.39 is 0 Å². The van der Waals surface area contributed by atoms with E-state index in [9.17, 15) is 4.79 Å². The zero-order chi connectivity index (χ0) is 11.7. The second-order valence-corrected chi connectivity index (χ2v) is 5.92. The van der Waals surface area contributed by atoms with Crippen molar-refractivity contribution >= 4 is 37.8 Å². The van der Waals surface area contributed by atoms with E-state index in [-0.39, 0.29) is 5.91 Å². The standard InChI is InChI=1S/C11H12Br2N2O/c1-7(12)5-14-11(16)10-4-8(13)6-15(10)9-2-3-9/h4,6,9H,1-3,5H2,(H,14,16). The Bertz CT molecular complexity index is 435. The van der Waals surface area contributed by atoms with Gasteiger partial charge in [0.1, 0.15) is 5.69 Å². The van der Waals surface area contributed by atoms with Gasteiger partial charge in [0.25, 0.3) is 5.91 Å². The average molecular weight is 348 g/mol. The van der Waals surface area contributed by atoms with Gasteiger partial charge in [0.05, 0.1) is 0 Å². The molecule has 0 radical (unpaired) electrons. The first kappa shape index (κ1) is 11.9. The van der Waals surface area contributed by atoms with Gasteiger partial charge in [-0.1, -0.05) is 22.5 Å². The van der Waals surface area contributed by atoms with Gasteiger partial charge in [-0.3, -0.25) is 4.79 Å². The molecule has 0 spiro atoms. The number of amides is 1. The zero-order valence-corrected chi connectivity index (χ0v) is 11.8. The number of carbonyl (C=O) groups is 1. The predicted molar refractivity (Wildman–Crippen MR) is 70.8 cm³/mol. The summed E-state index contributed by atoms with van der Waals surface area (Å²) in [7, 11) is 0. The van der Waals surface area contributed by atoms with Gasteiger partial charge in [-0.2, -0.15) is 0 Å². The van der Waals surface area contributed by atoms with E-state index in [1.54, 1.807) is 0 Å². The van der Waals surface area contributed by atoms with Crippen LogP contribution < -0.4 is 5.32 Å². The van der Waals surface area contributed by atoms with Crippen LogP contribution in [0.4, 0.5) is 0 Å². The fourth-order valence-electron chi connectivity index (χ4n) is 1.55. The summed E-state index contributed by atoms with van der Waals surface area (Å²) < 4.78 is 3.75. The smallest absolute Gasteiger partial charge is 0.268 e. The fraction of sp³-hybridized carbons (Fsp3) is 0.364. The number of nitrogens with one attached hydrogen (secondary N) is 1. The Hall–Kier alpha value is -0.550. The molecule has 16 heavy (non-hydrogen) atoms.